The summed E-state index contributed by atoms with van der Waals surface area (Å²) in [6, 6.07) is 9.21. The van der Waals surface area contributed by atoms with Gasteiger partial charge in [-0.3, -0.25) is 4.79 Å². The van der Waals surface area contributed by atoms with Crippen LogP contribution in [0.1, 0.15) is 24.2 Å². The van der Waals surface area contributed by atoms with Gasteiger partial charge in [0.1, 0.15) is 21.7 Å². The Labute approximate surface area is 203 Å². The number of nitrogens with zero attached hydrogens (tertiary/aromatic N) is 3. The number of amides is 1. The van der Waals surface area contributed by atoms with E-state index in [-0.39, 0.29) is 16.5 Å². The molecule has 0 bridgehead atoms. The molecule has 1 aromatic heterocycles. The van der Waals surface area contributed by atoms with E-state index in [0.29, 0.717) is 29.5 Å². The Morgan fingerprint density at radius 3 is 2.24 bits per heavy atom. The number of hydrogen-bond acceptors (Lipinski definition) is 7. The Morgan fingerprint density at radius 2 is 1.68 bits per heavy atom. The molecule has 3 aromatic rings. The van der Waals surface area contributed by atoms with E-state index < -0.39 is 15.9 Å². The third-order valence-electron chi connectivity index (χ3n) is 5.41. The Hall–Kier alpha value is -2.73. The van der Waals surface area contributed by atoms with E-state index in [1.807, 2.05) is 4.57 Å². The Bertz CT molecular complexity index is 1340. The van der Waals surface area contributed by atoms with Gasteiger partial charge in [0.25, 0.3) is 5.91 Å². The normalized spacial score (nSPS) is 12.6. The van der Waals surface area contributed by atoms with E-state index in [0.717, 1.165) is 10.2 Å². The number of methoxy groups -OCH3 is 3. The number of thiazole rings is 1. The SMILES string of the molecule is COCCn1c(=NC(=O)c2ccc(S(=O)(=O)N(C)C(C)C)cc2)sc2c(OC)ccc(OC)c21. The second-order valence-electron chi connectivity index (χ2n) is 7.73. The van der Waals surface area contributed by atoms with Gasteiger partial charge in [-0.2, -0.15) is 9.30 Å². The lowest BCUT2D eigenvalue weighted by atomic mass is 10.2. The highest BCUT2D eigenvalue weighted by atomic mass is 32.2. The second-order valence-corrected chi connectivity index (χ2v) is 10.7. The Kier molecular flexibility index (Phi) is 8.13. The molecular weight excluding hydrogens is 478 g/mol. The summed E-state index contributed by atoms with van der Waals surface area (Å²) in [5, 5.41) is 0. The smallest absolute Gasteiger partial charge is 0.279 e. The first-order valence-electron chi connectivity index (χ1n) is 10.6. The van der Waals surface area contributed by atoms with Gasteiger partial charge in [0.15, 0.2) is 4.80 Å². The number of fused-ring (bicyclic) bond motifs is 1. The van der Waals surface area contributed by atoms with Gasteiger partial charge in [0, 0.05) is 32.3 Å². The third-order valence-corrected chi connectivity index (χ3v) is 8.55. The van der Waals surface area contributed by atoms with Crippen LogP contribution in [-0.2, 0) is 21.3 Å². The number of aromatic nitrogens is 1. The molecule has 1 heterocycles. The maximum Gasteiger partial charge on any atom is 0.279 e. The summed E-state index contributed by atoms with van der Waals surface area (Å²) < 4.78 is 45.6. The van der Waals surface area contributed by atoms with Crippen LogP contribution in [0.5, 0.6) is 11.5 Å². The average molecular weight is 508 g/mol. The Balaban J connectivity index is 2.08. The zero-order chi connectivity index (χ0) is 25.0. The molecule has 0 spiro atoms. The molecule has 0 aliphatic rings. The fourth-order valence-electron chi connectivity index (χ4n) is 3.29. The highest BCUT2D eigenvalue weighted by Crippen LogP contribution is 2.35. The van der Waals surface area contributed by atoms with Gasteiger partial charge in [-0.1, -0.05) is 11.3 Å². The molecule has 11 heteroatoms. The van der Waals surface area contributed by atoms with Crippen LogP contribution in [0.4, 0.5) is 0 Å². The highest BCUT2D eigenvalue weighted by molar-refractivity contribution is 7.89. The van der Waals surface area contributed by atoms with Gasteiger partial charge in [-0.15, -0.1) is 0 Å². The van der Waals surface area contributed by atoms with E-state index in [9.17, 15) is 13.2 Å². The molecule has 0 unspecified atom stereocenters. The van der Waals surface area contributed by atoms with Crippen LogP contribution in [0.15, 0.2) is 46.3 Å². The first kappa shape index (κ1) is 25.9. The van der Waals surface area contributed by atoms with Crippen LogP contribution < -0.4 is 14.3 Å². The van der Waals surface area contributed by atoms with Crippen LogP contribution >= 0.6 is 11.3 Å². The first-order valence-corrected chi connectivity index (χ1v) is 12.8. The van der Waals surface area contributed by atoms with E-state index in [1.165, 1.54) is 47.0 Å². The summed E-state index contributed by atoms with van der Waals surface area (Å²) in [7, 11) is 2.64. The van der Waals surface area contributed by atoms with Crippen molar-refractivity contribution in [3.8, 4) is 11.5 Å². The van der Waals surface area contributed by atoms with E-state index in [1.54, 1.807) is 47.3 Å². The molecule has 0 saturated heterocycles. The number of carbonyl (C=O) groups is 1. The molecule has 0 aliphatic carbocycles. The third kappa shape index (κ3) is 5.02. The minimum absolute atomic E-state index is 0.117. The van der Waals surface area contributed by atoms with Crippen LogP contribution in [0, 0.1) is 0 Å². The van der Waals surface area contributed by atoms with Crippen molar-refractivity contribution in [2.45, 2.75) is 31.3 Å². The van der Waals surface area contributed by atoms with Crippen molar-refractivity contribution < 1.29 is 27.4 Å². The molecule has 9 nitrogen and oxygen atoms in total. The first-order chi connectivity index (χ1) is 16.1. The minimum Gasteiger partial charge on any atom is -0.495 e. The van der Waals surface area contributed by atoms with Crippen LogP contribution in [0.25, 0.3) is 10.2 Å². The average Bonchev–Trinajstić information content (AvgIpc) is 3.19. The van der Waals surface area contributed by atoms with Crippen molar-refractivity contribution >= 4 is 37.5 Å². The minimum atomic E-state index is -3.64. The molecule has 0 N–H and O–H groups in total. The van der Waals surface area contributed by atoms with Gasteiger partial charge in [0.05, 0.1) is 25.7 Å². The maximum atomic E-state index is 13.0. The molecule has 0 fully saturated rings. The highest BCUT2D eigenvalue weighted by Gasteiger charge is 2.23. The van der Waals surface area contributed by atoms with Crippen LogP contribution in [-0.4, -0.2) is 64.2 Å². The lowest BCUT2D eigenvalue weighted by Gasteiger charge is -2.20. The number of ether oxygens (including phenoxy) is 3. The summed E-state index contributed by atoms with van der Waals surface area (Å²) in [5.41, 5.74) is 1.04. The van der Waals surface area contributed by atoms with E-state index in [2.05, 4.69) is 4.99 Å². The lowest BCUT2D eigenvalue weighted by Crippen LogP contribution is -2.33. The molecular formula is C23H29N3O6S2. The van der Waals surface area contributed by atoms with Gasteiger partial charge < -0.3 is 18.8 Å². The van der Waals surface area contributed by atoms with Crippen molar-refractivity contribution in [2.24, 2.45) is 4.99 Å². The van der Waals surface area contributed by atoms with Crippen molar-refractivity contribution in [1.82, 2.24) is 8.87 Å². The van der Waals surface area contributed by atoms with Gasteiger partial charge in [-0.25, -0.2) is 8.42 Å². The summed E-state index contributed by atoms with van der Waals surface area (Å²) in [5.74, 6) is 0.780. The molecule has 1 amide bonds. The fourth-order valence-corrected chi connectivity index (χ4v) is 5.83. The van der Waals surface area contributed by atoms with Crippen LogP contribution in [0.2, 0.25) is 0 Å². The quantitative estimate of drug-likeness (QED) is 0.441. The van der Waals surface area contributed by atoms with Gasteiger partial charge >= 0.3 is 0 Å². The maximum absolute atomic E-state index is 13.0. The van der Waals surface area contributed by atoms with Crippen molar-refractivity contribution in [3.63, 3.8) is 0 Å². The molecule has 0 radical (unpaired) electrons. The summed E-state index contributed by atoms with van der Waals surface area (Å²) in [6.45, 7) is 4.44. The number of hydrogen-bond donors (Lipinski definition) is 0. The predicted octanol–water partition coefficient (Wildman–Crippen LogP) is 3.14. The number of benzene rings is 2. The number of sulfonamides is 1. The van der Waals surface area contributed by atoms with Crippen molar-refractivity contribution in [2.75, 3.05) is 35.0 Å². The lowest BCUT2D eigenvalue weighted by molar-refractivity contribution is 0.0997. The molecule has 34 heavy (non-hydrogen) atoms. The summed E-state index contributed by atoms with van der Waals surface area (Å²) in [4.78, 5) is 17.9. The van der Waals surface area contributed by atoms with Crippen molar-refractivity contribution in [3.05, 3.63) is 46.8 Å². The predicted molar refractivity (Wildman–Crippen MR) is 131 cm³/mol. The van der Waals surface area contributed by atoms with Gasteiger partial charge in [-0.05, 0) is 50.2 Å². The molecule has 184 valence electrons. The van der Waals surface area contributed by atoms with Crippen molar-refractivity contribution in [1.29, 1.82) is 0 Å². The largest absolute Gasteiger partial charge is 0.495 e. The summed E-state index contributed by atoms with van der Waals surface area (Å²) >= 11 is 1.30. The standard InChI is InChI=1S/C23H29N3O6S2/c1-15(2)25(3)34(28,29)17-9-7-16(8-10-17)22(27)24-23-26(13-14-30-4)20-18(31-5)11-12-19(32-6)21(20)33-23/h7-12,15H,13-14H2,1-6H3. The number of rotatable bonds is 9. The molecule has 0 saturated carbocycles. The fraction of sp³-hybridized carbons (Fsp3) is 0.391. The van der Waals surface area contributed by atoms with Crippen LogP contribution in [0.3, 0.4) is 0 Å². The van der Waals surface area contributed by atoms with E-state index in [4.69, 9.17) is 14.2 Å². The van der Waals surface area contributed by atoms with E-state index >= 15 is 0 Å². The topological polar surface area (TPSA) is 99.4 Å². The molecule has 2 aromatic carbocycles. The molecule has 0 aliphatic heterocycles. The van der Waals surface area contributed by atoms with Gasteiger partial charge in [0.2, 0.25) is 10.0 Å². The summed E-state index contributed by atoms with van der Waals surface area (Å²) in [6.07, 6.45) is 0. The Morgan fingerprint density at radius 1 is 1.06 bits per heavy atom. The second kappa shape index (κ2) is 10.7. The zero-order valence-corrected chi connectivity index (χ0v) is 21.7. The molecule has 0 atom stereocenters. The monoisotopic (exact) mass is 507 g/mol. The molecule has 3 rings (SSSR count). The number of carbonyl (C=O) groups excluding carboxylic acids is 1. The zero-order valence-electron chi connectivity index (χ0n) is 20.1.